The Labute approximate surface area is 172 Å². The molecule has 0 aromatic rings. The number of nitrogens with one attached hydrogen (secondary N) is 1. The number of nitrogens with zero attached hydrogens (tertiary/aromatic N) is 2. The molecule has 2 fully saturated rings. The van der Waals surface area contributed by atoms with Crippen molar-refractivity contribution in [2.24, 2.45) is 27.7 Å². The molecule has 0 bridgehead atoms. The van der Waals surface area contributed by atoms with E-state index in [0.717, 1.165) is 31.6 Å². The Balaban J connectivity index is 1.92. The van der Waals surface area contributed by atoms with E-state index in [1.54, 1.807) is 0 Å². The van der Waals surface area contributed by atoms with Crippen molar-refractivity contribution in [1.82, 2.24) is 9.62 Å². The number of aliphatic imine (C=N–C) groups is 1. The van der Waals surface area contributed by atoms with Crippen LogP contribution in [0.2, 0.25) is 0 Å². The van der Waals surface area contributed by atoms with Crippen molar-refractivity contribution in [2.45, 2.75) is 85.9 Å². The molecule has 3 aliphatic rings. The molecule has 0 aromatic heterocycles. The predicted molar refractivity (Wildman–Crippen MR) is 117 cm³/mol. The van der Waals surface area contributed by atoms with E-state index in [0.29, 0.717) is 18.4 Å². The molecule has 160 valence electrons. The van der Waals surface area contributed by atoms with Crippen LogP contribution in [0.15, 0.2) is 16.3 Å². The second-order valence-corrected chi connectivity index (χ2v) is 13.3. The van der Waals surface area contributed by atoms with Gasteiger partial charge in [0, 0.05) is 24.2 Å². The highest BCUT2D eigenvalue weighted by Gasteiger charge is 2.44. The van der Waals surface area contributed by atoms with Crippen LogP contribution in [-0.4, -0.2) is 43.5 Å². The van der Waals surface area contributed by atoms with Crippen molar-refractivity contribution in [2.75, 3.05) is 13.1 Å². The molecule has 2 aliphatic heterocycles. The van der Waals surface area contributed by atoms with Crippen LogP contribution in [0.1, 0.15) is 74.7 Å². The Morgan fingerprint density at radius 1 is 1.14 bits per heavy atom. The third-order valence-corrected chi connectivity index (χ3v) is 7.95. The van der Waals surface area contributed by atoms with Gasteiger partial charge in [-0.05, 0) is 42.1 Å². The molecule has 6 heteroatoms. The summed E-state index contributed by atoms with van der Waals surface area (Å²) >= 11 is 0. The predicted octanol–water partition coefficient (Wildman–Crippen LogP) is 4.17. The fraction of sp³-hybridized carbons (Fsp3) is 0.864. The molecule has 28 heavy (non-hydrogen) atoms. The summed E-state index contributed by atoms with van der Waals surface area (Å²) in [5.41, 5.74) is 2.85. The van der Waals surface area contributed by atoms with Crippen LogP contribution in [0, 0.1) is 22.7 Å². The van der Waals surface area contributed by atoms with Gasteiger partial charge < -0.3 is 4.90 Å². The van der Waals surface area contributed by atoms with E-state index >= 15 is 0 Å². The highest BCUT2D eigenvalue weighted by Crippen LogP contribution is 2.45. The van der Waals surface area contributed by atoms with Crippen LogP contribution in [0.5, 0.6) is 0 Å². The molecular formula is C22H39N3O2S. The number of amidine groups is 1. The van der Waals surface area contributed by atoms with Crippen LogP contribution in [0.3, 0.4) is 0 Å². The van der Waals surface area contributed by atoms with Gasteiger partial charge in [-0.1, -0.05) is 55.4 Å². The summed E-state index contributed by atoms with van der Waals surface area (Å²) in [4.78, 5) is 7.71. The quantitative estimate of drug-likeness (QED) is 0.741. The van der Waals surface area contributed by atoms with E-state index in [4.69, 9.17) is 4.99 Å². The summed E-state index contributed by atoms with van der Waals surface area (Å²) in [5, 5.41) is -0.154. The number of hydrogen-bond acceptors (Lipinski definition) is 4. The molecular weight excluding hydrogens is 370 g/mol. The Hall–Kier alpha value is -0.880. The Kier molecular flexibility index (Phi) is 5.55. The van der Waals surface area contributed by atoms with E-state index in [1.165, 1.54) is 11.3 Å². The smallest absolute Gasteiger partial charge is 0.214 e. The molecule has 1 saturated heterocycles. The van der Waals surface area contributed by atoms with Crippen molar-refractivity contribution in [1.29, 1.82) is 0 Å². The van der Waals surface area contributed by atoms with Crippen LogP contribution >= 0.6 is 0 Å². The topological polar surface area (TPSA) is 61.8 Å². The number of hydrogen-bond donors (Lipinski definition) is 1. The minimum Gasteiger partial charge on any atom is -0.333 e. The first kappa shape index (κ1) is 21.8. The Morgan fingerprint density at radius 3 is 2.21 bits per heavy atom. The summed E-state index contributed by atoms with van der Waals surface area (Å²) in [6, 6.07) is 0.176. The molecule has 1 saturated carbocycles. The van der Waals surface area contributed by atoms with Crippen molar-refractivity contribution in [3.63, 3.8) is 0 Å². The average molecular weight is 410 g/mol. The molecule has 0 unspecified atom stereocenters. The van der Waals surface area contributed by atoms with Crippen molar-refractivity contribution < 1.29 is 8.42 Å². The maximum Gasteiger partial charge on any atom is 0.214 e. The summed E-state index contributed by atoms with van der Waals surface area (Å²) in [6.07, 6.45) is 2.55. The largest absolute Gasteiger partial charge is 0.333 e. The van der Waals surface area contributed by atoms with Crippen molar-refractivity contribution in [3.05, 3.63) is 11.3 Å². The highest BCUT2D eigenvalue weighted by molar-refractivity contribution is 7.90. The zero-order valence-electron chi connectivity index (χ0n) is 19.0. The summed E-state index contributed by atoms with van der Waals surface area (Å²) in [5.74, 6) is 1.87. The Bertz CT molecular complexity index is 778. The van der Waals surface area contributed by atoms with Crippen LogP contribution in [0.4, 0.5) is 0 Å². The van der Waals surface area contributed by atoms with Crippen molar-refractivity contribution in [3.8, 4) is 0 Å². The van der Waals surface area contributed by atoms with E-state index in [9.17, 15) is 8.42 Å². The van der Waals surface area contributed by atoms with Crippen LogP contribution < -0.4 is 4.72 Å². The van der Waals surface area contributed by atoms with Crippen molar-refractivity contribution >= 4 is 15.9 Å². The van der Waals surface area contributed by atoms with E-state index in [2.05, 4.69) is 65.0 Å². The molecule has 0 amide bonds. The monoisotopic (exact) mass is 409 g/mol. The van der Waals surface area contributed by atoms with Gasteiger partial charge in [0.1, 0.15) is 5.84 Å². The summed E-state index contributed by atoms with van der Waals surface area (Å²) < 4.78 is 27.5. The first-order valence-corrected chi connectivity index (χ1v) is 12.3. The number of fused-ring (bicyclic) bond motifs is 1. The third-order valence-electron chi connectivity index (χ3n) is 6.03. The fourth-order valence-corrected chi connectivity index (χ4v) is 5.96. The summed E-state index contributed by atoms with van der Waals surface area (Å²) in [6.45, 7) is 19.4. The highest BCUT2D eigenvalue weighted by atomic mass is 32.2. The standard InChI is InChI=1S/C22H39N3O2S/c1-14(2)18-17-11-15(12-23-28(26,27)16-9-10-16)13-25(17)20(22(6,7)8)24-19(18)21(3,4)5/h14-16,19,23H,9-13H2,1-8H3/t15-,19-/m1/s1. The molecule has 3 rings (SSSR count). The fourth-order valence-electron chi connectivity index (χ4n) is 4.50. The molecule has 2 heterocycles. The lowest BCUT2D eigenvalue weighted by Gasteiger charge is -2.43. The zero-order valence-corrected chi connectivity index (χ0v) is 19.8. The lowest BCUT2D eigenvalue weighted by Crippen LogP contribution is -2.46. The molecule has 1 aliphatic carbocycles. The normalized spacial score (nSPS) is 26.8. The van der Waals surface area contributed by atoms with Crippen LogP contribution in [-0.2, 0) is 10.0 Å². The van der Waals surface area contributed by atoms with Gasteiger partial charge in [-0.3, -0.25) is 4.99 Å². The molecule has 1 N–H and O–H groups in total. The van der Waals surface area contributed by atoms with E-state index in [-0.39, 0.29) is 22.1 Å². The lowest BCUT2D eigenvalue weighted by atomic mass is 9.76. The molecule has 0 spiro atoms. The van der Waals surface area contributed by atoms with E-state index in [1.807, 2.05) is 0 Å². The zero-order chi connectivity index (χ0) is 21.1. The van der Waals surface area contributed by atoms with Gasteiger partial charge in [-0.15, -0.1) is 0 Å². The first-order valence-electron chi connectivity index (χ1n) is 10.8. The molecule has 5 nitrogen and oxygen atoms in total. The maximum atomic E-state index is 12.3. The summed E-state index contributed by atoms with van der Waals surface area (Å²) in [7, 11) is -3.13. The minimum atomic E-state index is -3.13. The van der Waals surface area contributed by atoms with Gasteiger partial charge in [-0.2, -0.15) is 0 Å². The second-order valence-electron chi connectivity index (χ2n) is 11.3. The second kappa shape index (κ2) is 7.12. The first-order chi connectivity index (χ1) is 12.7. The van der Waals surface area contributed by atoms with Gasteiger partial charge >= 0.3 is 0 Å². The SMILES string of the molecule is CC(C)C1=C2C[C@H](CNS(=O)(=O)C3CC3)CN2C(C(C)(C)C)=N[C@H]1C(C)(C)C. The molecule has 2 atom stereocenters. The van der Waals surface area contributed by atoms with E-state index < -0.39 is 10.0 Å². The lowest BCUT2D eigenvalue weighted by molar-refractivity contribution is 0.311. The average Bonchev–Trinajstić information content (AvgIpc) is 3.30. The minimum absolute atomic E-state index is 0.0420. The third kappa shape index (κ3) is 4.33. The van der Waals surface area contributed by atoms with Gasteiger partial charge in [0.2, 0.25) is 10.0 Å². The number of sulfonamides is 1. The van der Waals surface area contributed by atoms with Gasteiger partial charge in [0.25, 0.3) is 0 Å². The van der Waals surface area contributed by atoms with Gasteiger partial charge in [0.05, 0.1) is 11.3 Å². The maximum absolute atomic E-state index is 12.3. The molecule has 0 radical (unpaired) electrons. The van der Waals surface area contributed by atoms with Gasteiger partial charge in [0.15, 0.2) is 0 Å². The van der Waals surface area contributed by atoms with Gasteiger partial charge in [-0.25, -0.2) is 13.1 Å². The molecule has 0 aromatic carbocycles. The Morgan fingerprint density at radius 2 is 1.75 bits per heavy atom. The number of allylic oxidation sites excluding steroid dienone is 1. The van der Waals surface area contributed by atoms with Crippen LogP contribution in [0.25, 0.3) is 0 Å². The number of rotatable bonds is 5.